The molecule has 2 N–H and O–H groups in total. The Morgan fingerprint density at radius 3 is 2.47 bits per heavy atom. The zero-order chi connectivity index (χ0) is 14.4. The molecule has 1 aliphatic heterocycles. The topological polar surface area (TPSA) is 58.6 Å². The Morgan fingerprint density at radius 1 is 1.26 bits per heavy atom. The molecule has 2 rings (SSSR count). The summed E-state index contributed by atoms with van der Waals surface area (Å²) in [6.45, 7) is 10.7. The van der Waals surface area contributed by atoms with Gasteiger partial charge in [0.25, 0.3) is 0 Å². The molecule has 0 saturated heterocycles. The van der Waals surface area contributed by atoms with Gasteiger partial charge in [0.05, 0.1) is 0 Å². The molecule has 106 valence electrons. The van der Waals surface area contributed by atoms with Crippen LogP contribution < -0.4 is 9.46 Å². The van der Waals surface area contributed by atoms with Crippen LogP contribution in [0.5, 0.6) is 5.75 Å². The fourth-order valence-corrected chi connectivity index (χ4v) is 3.01. The average Bonchev–Trinajstić information content (AvgIpc) is 2.62. The number of ether oxygens (including phenoxy) is 1. The molecule has 1 aromatic rings. The maximum absolute atomic E-state index is 10.8. The maximum atomic E-state index is 10.8. The molecule has 0 fully saturated rings. The van der Waals surface area contributed by atoms with E-state index in [1.807, 2.05) is 6.92 Å². The number of nitrogens with one attached hydrogen (secondary N) is 1. The SMILES string of the molecule is Cc1c(C)c2c(c(C)c1CNS(=O)O)CC(C)(C)O2. The first-order valence-corrected chi connectivity index (χ1v) is 7.48. The van der Waals surface area contributed by atoms with E-state index in [-0.39, 0.29) is 5.60 Å². The molecule has 0 spiro atoms. The number of benzene rings is 1. The maximum Gasteiger partial charge on any atom is 0.232 e. The van der Waals surface area contributed by atoms with Crippen LogP contribution in [0.25, 0.3) is 0 Å². The number of hydrogen-bond donors (Lipinski definition) is 2. The van der Waals surface area contributed by atoms with Crippen LogP contribution >= 0.6 is 0 Å². The third-order valence-electron chi connectivity index (χ3n) is 3.89. The fraction of sp³-hybridized carbons (Fsp3) is 0.571. The van der Waals surface area contributed by atoms with E-state index >= 15 is 0 Å². The Kier molecular flexibility index (Phi) is 3.73. The number of rotatable bonds is 3. The first-order chi connectivity index (χ1) is 8.73. The summed E-state index contributed by atoms with van der Waals surface area (Å²) in [5.41, 5.74) is 5.59. The van der Waals surface area contributed by atoms with Gasteiger partial charge in [-0.2, -0.15) is 0 Å². The molecule has 0 aromatic heterocycles. The van der Waals surface area contributed by atoms with Crippen LogP contribution in [0.3, 0.4) is 0 Å². The normalized spacial score (nSPS) is 18.0. The zero-order valence-corrected chi connectivity index (χ0v) is 12.9. The lowest BCUT2D eigenvalue weighted by Crippen LogP contribution is -2.24. The lowest BCUT2D eigenvalue weighted by atomic mass is 9.90. The smallest absolute Gasteiger partial charge is 0.232 e. The second-order valence-electron chi connectivity index (χ2n) is 5.77. The monoisotopic (exact) mass is 283 g/mol. The molecule has 0 saturated carbocycles. The molecule has 1 aliphatic rings. The standard InChI is InChI=1S/C14H21NO3S/c1-8-9(2)13-11(6-14(4,5)18-13)10(3)12(8)7-15-19(16)17/h15H,6-7H2,1-5H3,(H,16,17). The van der Waals surface area contributed by atoms with Gasteiger partial charge in [0.15, 0.2) is 0 Å². The largest absolute Gasteiger partial charge is 0.487 e. The Bertz CT molecular complexity index is 552. The van der Waals surface area contributed by atoms with Crippen LogP contribution in [0.1, 0.15) is 41.7 Å². The van der Waals surface area contributed by atoms with Gasteiger partial charge >= 0.3 is 0 Å². The van der Waals surface area contributed by atoms with E-state index in [2.05, 4.69) is 32.4 Å². The van der Waals surface area contributed by atoms with E-state index in [1.54, 1.807) is 0 Å². The minimum atomic E-state index is -1.98. The van der Waals surface area contributed by atoms with E-state index in [0.29, 0.717) is 6.54 Å². The summed E-state index contributed by atoms with van der Waals surface area (Å²) in [4.78, 5) is 0. The van der Waals surface area contributed by atoms with Gasteiger partial charge in [0.1, 0.15) is 11.4 Å². The highest BCUT2D eigenvalue weighted by atomic mass is 32.2. The van der Waals surface area contributed by atoms with Gasteiger partial charge in [-0.05, 0) is 56.9 Å². The van der Waals surface area contributed by atoms with Crippen LogP contribution in [0.4, 0.5) is 0 Å². The van der Waals surface area contributed by atoms with Gasteiger partial charge in [-0.3, -0.25) is 4.55 Å². The van der Waals surface area contributed by atoms with Gasteiger partial charge in [0, 0.05) is 18.5 Å². The van der Waals surface area contributed by atoms with Crippen LogP contribution in [0.15, 0.2) is 0 Å². The van der Waals surface area contributed by atoms with Crippen LogP contribution in [0, 0.1) is 20.8 Å². The van der Waals surface area contributed by atoms with Crippen molar-refractivity contribution in [1.82, 2.24) is 4.72 Å². The highest BCUT2D eigenvalue weighted by Crippen LogP contribution is 2.42. The van der Waals surface area contributed by atoms with Crippen molar-refractivity contribution in [3.63, 3.8) is 0 Å². The highest BCUT2D eigenvalue weighted by molar-refractivity contribution is 7.77. The lowest BCUT2D eigenvalue weighted by molar-refractivity contribution is 0.137. The second-order valence-corrected chi connectivity index (χ2v) is 6.56. The minimum absolute atomic E-state index is 0.170. The first kappa shape index (κ1) is 14.5. The molecule has 5 heteroatoms. The Hall–Kier alpha value is -0.910. The molecule has 1 atom stereocenters. The zero-order valence-electron chi connectivity index (χ0n) is 12.1. The molecule has 0 radical (unpaired) electrons. The summed E-state index contributed by atoms with van der Waals surface area (Å²) in [6.07, 6.45) is 0.879. The molecule has 0 amide bonds. The summed E-state index contributed by atoms with van der Waals surface area (Å²) in [6, 6.07) is 0. The van der Waals surface area contributed by atoms with Gasteiger partial charge in [-0.25, -0.2) is 8.93 Å². The summed E-state index contributed by atoms with van der Waals surface area (Å²) in [7, 11) is 0. The average molecular weight is 283 g/mol. The van der Waals surface area contributed by atoms with Crippen molar-refractivity contribution in [3.8, 4) is 5.75 Å². The molecular weight excluding hydrogens is 262 g/mol. The van der Waals surface area contributed by atoms with Crippen molar-refractivity contribution in [2.24, 2.45) is 0 Å². The van der Waals surface area contributed by atoms with Gasteiger partial charge in [-0.1, -0.05) is 0 Å². The Balaban J connectivity index is 2.49. The Morgan fingerprint density at radius 2 is 1.89 bits per heavy atom. The molecular formula is C14H21NO3S. The van der Waals surface area contributed by atoms with Gasteiger partial charge < -0.3 is 4.74 Å². The molecule has 1 aromatic carbocycles. The van der Waals surface area contributed by atoms with E-state index in [1.165, 1.54) is 11.1 Å². The molecule has 0 aliphatic carbocycles. The van der Waals surface area contributed by atoms with Gasteiger partial charge in [0.2, 0.25) is 11.3 Å². The fourth-order valence-electron chi connectivity index (χ4n) is 2.74. The molecule has 1 heterocycles. The predicted octanol–water partition coefficient (Wildman–Crippen LogP) is 2.55. The summed E-state index contributed by atoms with van der Waals surface area (Å²) >= 11 is -1.98. The van der Waals surface area contributed by atoms with E-state index in [9.17, 15) is 4.21 Å². The van der Waals surface area contributed by atoms with Gasteiger partial charge in [-0.15, -0.1) is 0 Å². The lowest BCUT2D eigenvalue weighted by Gasteiger charge is -2.19. The highest BCUT2D eigenvalue weighted by Gasteiger charge is 2.34. The van der Waals surface area contributed by atoms with Crippen molar-refractivity contribution >= 4 is 11.3 Å². The van der Waals surface area contributed by atoms with Crippen LogP contribution in [0.2, 0.25) is 0 Å². The predicted molar refractivity (Wildman–Crippen MR) is 76.7 cm³/mol. The summed E-state index contributed by atoms with van der Waals surface area (Å²) < 4.78 is 28.3. The number of hydrogen-bond acceptors (Lipinski definition) is 2. The third kappa shape index (κ3) is 2.68. The van der Waals surface area contributed by atoms with E-state index in [4.69, 9.17) is 9.29 Å². The third-order valence-corrected chi connectivity index (χ3v) is 4.28. The van der Waals surface area contributed by atoms with Crippen LogP contribution in [-0.2, 0) is 24.2 Å². The molecule has 4 nitrogen and oxygen atoms in total. The van der Waals surface area contributed by atoms with Crippen molar-refractivity contribution in [3.05, 3.63) is 27.8 Å². The van der Waals surface area contributed by atoms with Crippen LogP contribution in [-0.4, -0.2) is 14.4 Å². The summed E-state index contributed by atoms with van der Waals surface area (Å²) in [5.74, 6) is 0.994. The first-order valence-electron chi connectivity index (χ1n) is 6.38. The quantitative estimate of drug-likeness (QED) is 0.838. The Labute approximate surface area is 117 Å². The second kappa shape index (κ2) is 4.89. The summed E-state index contributed by atoms with van der Waals surface area (Å²) in [5, 5.41) is 0. The van der Waals surface area contributed by atoms with E-state index < -0.39 is 11.3 Å². The molecule has 1 unspecified atom stereocenters. The minimum Gasteiger partial charge on any atom is -0.487 e. The van der Waals surface area contributed by atoms with Crippen molar-refractivity contribution in [2.45, 2.75) is 53.2 Å². The van der Waals surface area contributed by atoms with Crippen molar-refractivity contribution in [2.75, 3.05) is 0 Å². The van der Waals surface area contributed by atoms with E-state index in [0.717, 1.165) is 28.9 Å². The number of fused-ring (bicyclic) bond motifs is 1. The molecule has 0 bridgehead atoms. The van der Waals surface area contributed by atoms with Crippen molar-refractivity contribution < 1.29 is 13.5 Å². The van der Waals surface area contributed by atoms with Crippen molar-refractivity contribution in [1.29, 1.82) is 0 Å². The molecule has 19 heavy (non-hydrogen) atoms.